The van der Waals surface area contributed by atoms with Crippen LogP contribution in [-0.2, 0) is 6.54 Å². The maximum atomic E-state index is 12.3. The molecule has 0 atom stereocenters. The SMILES string of the molecule is O=C(C[n+]1cccc2ccc([N+](=O)[O-])cc21)c1ccccc1. The van der Waals surface area contributed by atoms with E-state index < -0.39 is 4.92 Å². The first kappa shape index (κ1) is 13.9. The van der Waals surface area contributed by atoms with Gasteiger partial charge in [-0.1, -0.05) is 30.3 Å². The summed E-state index contributed by atoms with van der Waals surface area (Å²) in [6.07, 6.45) is 1.76. The van der Waals surface area contributed by atoms with E-state index in [0.29, 0.717) is 11.1 Å². The predicted molar refractivity (Wildman–Crippen MR) is 81.6 cm³/mol. The third-order valence-corrected chi connectivity index (χ3v) is 3.49. The zero-order valence-electron chi connectivity index (χ0n) is 11.7. The van der Waals surface area contributed by atoms with Gasteiger partial charge in [0, 0.05) is 23.1 Å². The molecule has 0 fully saturated rings. The van der Waals surface area contributed by atoms with E-state index in [1.165, 1.54) is 12.1 Å². The average Bonchev–Trinajstić information content (AvgIpc) is 2.55. The van der Waals surface area contributed by atoms with E-state index in [1.807, 2.05) is 30.3 Å². The fourth-order valence-corrected chi connectivity index (χ4v) is 2.37. The first-order chi connectivity index (χ1) is 10.6. The molecule has 0 radical (unpaired) electrons. The van der Waals surface area contributed by atoms with Gasteiger partial charge in [0.2, 0.25) is 17.8 Å². The largest absolute Gasteiger partial charge is 0.287 e. The highest BCUT2D eigenvalue weighted by Gasteiger charge is 2.17. The quantitative estimate of drug-likeness (QED) is 0.321. The lowest BCUT2D eigenvalue weighted by molar-refractivity contribution is -0.657. The number of benzene rings is 2. The Kier molecular flexibility index (Phi) is 3.62. The monoisotopic (exact) mass is 293 g/mol. The molecular formula is C17H13N2O3+. The molecule has 0 aliphatic rings. The maximum absolute atomic E-state index is 12.3. The smallest absolute Gasteiger partial charge is 0.276 e. The Bertz CT molecular complexity index is 860. The van der Waals surface area contributed by atoms with E-state index in [4.69, 9.17) is 0 Å². The van der Waals surface area contributed by atoms with Crippen LogP contribution >= 0.6 is 0 Å². The van der Waals surface area contributed by atoms with Crippen LogP contribution < -0.4 is 4.57 Å². The number of hydrogen-bond donors (Lipinski definition) is 0. The van der Waals surface area contributed by atoms with Crippen LogP contribution in [0.4, 0.5) is 5.69 Å². The fraction of sp³-hybridized carbons (Fsp3) is 0.0588. The predicted octanol–water partition coefficient (Wildman–Crippen LogP) is 2.92. The molecule has 0 spiro atoms. The number of nitrogens with zero attached hydrogens (tertiary/aromatic N) is 2. The fourth-order valence-electron chi connectivity index (χ4n) is 2.37. The molecule has 0 saturated carbocycles. The second kappa shape index (κ2) is 5.73. The van der Waals surface area contributed by atoms with Crippen LogP contribution in [0.3, 0.4) is 0 Å². The number of aromatic nitrogens is 1. The Balaban J connectivity index is 2.01. The first-order valence-corrected chi connectivity index (χ1v) is 6.80. The number of pyridine rings is 1. The minimum atomic E-state index is -0.435. The van der Waals surface area contributed by atoms with Gasteiger partial charge < -0.3 is 0 Å². The minimum absolute atomic E-state index is 0.0135. The van der Waals surface area contributed by atoms with Gasteiger partial charge in [-0.2, -0.15) is 4.57 Å². The van der Waals surface area contributed by atoms with Crippen LogP contribution in [0.15, 0.2) is 66.9 Å². The number of nitro benzene ring substituents is 1. The Labute approximate surface area is 126 Å². The molecule has 1 aromatic heterocycles. The number of nitro groups is 1. The highest BCUT2D eigenvalue weighted by Crippen LogP contribution is 2.17. The van der Waals surface area contributed by atoms with E-state index in [-0.39, 0.29) is 18.0 Å². The third kappa shape index (κ3) is 2.69. The van der Waals surface area contributed by atoms with E-state index in [0.717, 1.165) is 5.39 Å². The van der Waals surface area contributed by atoms with Crippen molar-refractivity contribution in [1.29, 1.82) is 0 Å². The first-order valence-electron chi connectivity index (χ1n) is 6.80. The number of ketones is 1. The average molecular weight is 293 g/mol. The lowest BCUT2D eigenvalue weighted by Crippen LogP contribution is -2.38. The molecule has 0 bridgehead atoms. The molecule has 0 N–H and O–H groups in total. The number of Topliss-reactive ketones (excluding diaryl/α,β-unsaturated/α-hetero) is 1. The molecular weight excluding hydrogens is 280 g/mol. The molecule has 108 valence electrons. The van der Waals surface area contributed by atoms with Crippen LogP contribution in [0.1, 0.15) is 10.4 Å². The molecule has 0 aliphatic heterocycles. The van der Waals surface area contributed by atoms with Crippen molar-refractivity contribution in [2.75, 3.05) is 0 Å². The highest BCUT2D eigenvalue weighted by molar-refractivity contribution is 5.95. The van der Waals surface area contributed by atoms with Gasteiger partial charge in [0.15, 0.2) is 6.20 Å². The van der Waals surface area contributed by atoms with Crippen LogP contribution in [0.2, 0.25) is 0 Å². The van der Waals surface area contributed by atoms with Gasteiger partial charge in [0.05, 0.1) is 11.0 Å². The summed E-state index contributed by atoms with van der Waals surface area (Å²) in [5.41, 5.74) is 1.30. The van der Waals surface area contributed by atoms with E-state index >= 15 is 0 Å². The summed E-state index contributed by atoms with van der Waals surface area (Å²) in [7, 11) is 0. The Morgan fingerprint density at radius 2 is 1.82 bits per heavy atom. The van der Waals surface area contributed by atoms with Crippen molar-refractivity contribution < 1.29 is 14.3 Å². The molecule has 5 heteroatoms. The third-order valence-electron chi connectivity index (χ3n) is 3.49. The van der Waals surface area contributed by atoms with Gasteiger partial charge in [-0.25, -0.2) is 0 Å². The molecule has 3 aromatic rings. The summed E-state index contributed by atoms with van der Waals surface area (Å²) in [4.78, 5) is 22.8. The lowest BCUT2D eigenvalue weighted by Gasteiger charge is -2.01. The maximum Gasteiger partial charge on any atom is 0.276 e. The number of rotatable bonds is 4. The van der Waals surface area contributed by atoms with Crippen LogP contribution in [0, 0.1) is 10.1 Å². The summed E-state index contributed by atoms with van der Waals surface area (Å²) >= 11 is 0. The Morgan fingerprint density at radius 3 is 2.55 bits per heavy atom. The molecule has 0 saturated heterocycles. The number of hydrogen-bond acceptors (Lipinski definition) is 3. The molecule has 1 heterocycles. The standard InChI is InChI=1S/C17H13N2O3/c20-17(14-5-2-1-3-6-14)12-18-10-4-7-13-8-9-15(19(21)22)11-16(13)18/h1-11H,12H2/q+1. The van der Waals surface area contributed by atoms with Crippen molar-refractivity contribution in [2.45, 2.75) is 6.54 Å². The summed E-state index contributed by atoms with van der Waals surface area (Å²) in [6, 6.07) is 17.3. The van der Waals surface area contributed by atoms with Crippen LogP contribution in [-0.4, -0.2) is 10.7 Å². The number of fused-ring (bicyclic) bond motifs is 1. The molecule has 0 amide bonds. The van der Waals surface area contributed by atoms with E-state index in [9.17, 15) is 14.9 Å². The number of non-ortho nitro benzene ring substituents is 1. The second-order valence-corrected chi connectivity index (χ2v) is 4.93. The van der Waals surface area contributed by atoms with E-state index in [1.54, 1.807) is 29.0 Å². The van der Waals surface area contributed by atoms with Gasteiger partial charge in [-0.05, 0) is 12.1 Å². The molecule has 0 aliphatic carbocycles. The van der Waals surface area contributed by atoms with Crippen LogP contribution in [0.25, 0.3) is 10.9 Å². The summed E-state index contributed by atoms with van der Waals surface area (Å²) < 4.78 is 1.73. The Morgan fingerprint density at radius 1 is 1.05 bits per heavy atom. The van der Waals surface area contributed by atoms with Gasteiger partial charge in [0.25, 0.3) is 5.69 Å². The number of carbonyl (C=O) groups is 1. The van der Waals surface area contributed by atoms with E-state index in [2.05, 4.69) is 0 Å². The Hall–Kier alpha value is -3.08. The highest BCUT2D eigenvalue weighted by atomic mass is 16.6. The molecule has 0 unspecified atom stereocenters. The lowest BCUT2D eigenvalue weighted by atomic mass is 10.1. The second-order valence-electron chi connectivity index (χ2n) is 4.93. The van der Waals surface area contributed by atoms with Crippen molar-refractivity contribution >= 4 is 22.4 Å². The van der Waals surface area contributed by atoms with Gasteiger partial charge in [-0.15, -0.1) is 0 Å². The van der Waals surface area contributed by atoms with Crippen LogP contribution in [0.5, 0.6) is 0 Å². The van der Waals surface area contributed by atoms with Crippen molar-refractivity contribution in [3.63, 3.8) is 0 Å². The molecule has 22 heavy (non-hydrogen) atoms. The minimum Gasteiger partial charge on any atom is -0.287 e. The molecule has 2 aromatic carbocycles. The zero-order valence-corrected chi connectivity index (χ0v) is 11.7. The summed E-state index contributed by atoms with van der Waals surface area (Å²) in [5.74, 6) is -0.0374. The number of carbonyl (C=O) groups excluding carboxylic acids is 1. The molecule has 5 nitrogen and oxygen atoms in total. The zero-order chi connectivity index (χ0) is 15.5. The topological polar surface area (TPSA) is 64.1 Å². The van der Waals surface area contributed by atoms with Crippen molar-refractivity contribution in [3.8, 4) is 0 Å². The summed E-state index contributed by atoms with van der Waals surface area (Å²) in [6.45, 7) is 0.141. The van der Waals surface area contributed by atoms with Gasteiger partial charge >= 0.3 is 0 Å². The normalized spacial score (nSPS) is 10.5. The summed E-state index contributed by atoms with van der Waals surface area (Å²) in [5, 5.41) is 11.8. The van der Waals surface area contributed by atoms with Gasteiger partial charge in [0.1, 0.15) is 0 Å². The van der Waals surface area contributed by atoms with Crippen molar-refractivity contribution in [2.24, 2.45) is 0 Å². The molecule has 3 rings (SSSR count). The van der Waals surface area contributed by atoms with Gasteiger partial charge in [-0.3, -0.25) is 14.9 Å². The van der Waals surface area contributed by atoms with Crippen molar-refractivity contribution in [1.82, 2.24) is 0 Å². The van der Waals surface area contributed by atoms with Crippen molar-refractivity contribution in [3.05, 3.63) is 82.5 Å².